The Morgan fingerprint density at radius 1 is 1.07 bits per heavy atom. The number of sulfonamides is 1. The molecule has 7 rings (SSSR count). The van der Waals surface area contributed by atoms with E-state index in [-0.39, 0.29) is 18.1 Å². The number of piperidine rings is 1. The van der Waals surface area contributed by atoms with Crippen LogP contribution < -0.4 is 10.0 Å². The Hall–Kier alpha value is -3.87. The highest BCUT2D eigenvalue weighted by Gasteiger charge is 2.37. The smallest absolute Gasteiger partial charge is 0.355 e. The third-order valence-electron chi connectivity index (χ3n) is 9.19. The van der Waals surface area contributed by atoms with Crippen LogP contribution in [0.15, 0.2) is 58.8 Å². The number of amides is 1. The van der Waals surface area contributed by atoms with Gasteiger partial charge in [0.15, 0.2) is 5.69 Å². The quantitative estimate of drug-likeness (QED) is 0.219. The molecular weight excluding hydrogens is 616 g/mol. The fraction of sp³-hybridized carbons (Fsp3) is 0.364. The number of hydrogen-bond donors (Lipinski definition) is 2. The van der Waals surface area contributed by atoms with E-state index >= 15 is 0 Å². The second kappa shape index (κ2) is 11.5. The van der Waals surface area contributed by atoms with E-state index in [0.717, 1.165) is 53.9 Å². The summed E-state index contributed by atoms with van der Waals surface area (Å²) in [7, 11) is -4.22. The molecule has 1 amide bonds. The molecule has 12 heteroatoms. The number of thiazole rings is 1. The SMILES string of the molecule is NS(=O)(=O)c1ccc(Cn2c(-c3cccc(N4CCC(C5CC5)CC4=O)c3)cc(-c3nc(C(=O)O)cs3)c2CC2CC2)cc1F. The summed E-state index contributed by atoms with van der Waals surface area (Å²) in [6, 6.07) is 13.8. The van der Waals surface area contributed by atoms with Gasteiger partial charge >= 0.3 is 5.97 Å². The van der Waals surface area contributed by atoms with Crippen LogP contribution in [-0.2, 0) is 27.8 Å². The van der Waals surface area contributed by atoms with Crippen molar-refractivity contribution in [1.29, 1.82) is 0 Å². The maximum atomic E-state index is 14.9. The average Bonchev–Trinajstić information content (AvgIpc) is 3.92. The molecule has 1 aliphatic heterocycles. The molecule has 1 saturated heterocycles. The van der Waals surface area contributed by atoms with Crippen LogP contribution >= 0.6 is 11.3 Å². The second-order valence-corrected chi connectivity index (χ2v) is 14.9. The molecule has 0 bridgehead atoms. The Labute approximate surface area is 264 Å². The number of carboxylic acids is 1. The number of benzene rings is 2. The largest absolute Gasteiger partial charge is 0.476 e. The maximum Gasteiger partial charge on any atom is 0.355 e. The average molecular weight is 649 g/mol. The molecule has 9 nitrogen and oxygen atoms in total. The van der Waals surface area contributed by atoms with Crippen LogP contribution in [-0.4, -0.2) is 41.5 Å². The number of primary sulfonamides is 1. The molecule has 45 heavy (non-hydrogen) atoms. The fourth-order valence-electron chi connectivity index (χ4n) is 6.49. The van der Waals surface area contributed by atoms with E-state index in [4.69, 9.17) is 5.14 Å². The summed E-state index contributed by atoms with van der Waals surface area (Å²) in [5.74, 6) is -0.275. The molecule has 234 valence electrons. The van der Waals surface area contributed by atoms with E-state index in [0.29, 0.717) is 41.3 Å². The number of nitrogens with zero attached hydrogens (tertiary/aromatic N) is 3. The van der Waals surface area contributed by atoms with Crippen molar-refractivity contribution in [3.63, 3.8) is 0 Å². The van der Waals surface area contributed by atoms with E-state index in [9.17, 15) is 27.5 Å². The molecule has 2 aromatic heterocycles. The van der Waals surface area contributed by atoms with Crippen LogP contribution in [0, 0.1) is 23.6 Å². The summed E-state index contributed by atoms with van der Waals surface area (Å²) in [6.07, 6.45) is 6.87. The van der Waals surface area contributed by atoms with Crippen molar-refractivity contribution in [2.24, 2.45) is 22.9 Å². The molecule has 3 fully saturated rings. The van der Waals surface area contributed by atoms with Gasteiger partial charge in [-0.3, -0.25) is 4.79 Å². The zero-order valence-electron chi connectivity index (χ0n) is 24.5. The monoisotopic (exact) mass is 648 g/mol. The summed E-state index contributed by atoms with van der Waals surface area (Å²) in [5, 5.41) is 16.9. The lowest BCUT2D eigenvalue weighted by Gasteiger charge is -2.32. The van der Waals surface area contributed by atoms with Crippen LogP contribution in [0.2, 0.25) is 0 Å². The van der Waals surface area contributed by atoms with Crippen molar-refractivity contribution >= 4 is 38.9 Å². The molecule has 0 spiro atoms. The van der Waals surface area contributed by atoms with E-state index in [2.05, 4.69) is 9.55 Å². The van der Waals surface area contributed by atoms with Gasteiger partial charge in [-0.2, -0.15) is 0 Å². The summed E-state index contributed by atoms with van der Waals surface area (Å²) in [4.78, 5) is 30.6. The highest BCUT2D eigenvalue weighted by molar-refractivity contribution is 7.89. The molecule has 0 radical (unpaired) electrons. The third-order valence-corrected chi connectivity index (χ3v) is 11.0. The molecule has 2 aromatic carbocycles. The van der Waals surface area contributed by atoms with Gasteiger partial charge in [-0.15, -0.1) is 11.3 Å². The molecular formula is C33H33FN4O5S2. The van der Waals surface area contributed by atoms with Gasteiger partial charge in [0.25, 0.3) is 0 Å². The zero-order valence-corrected chi connectivity index (χ0v) is 26.1. The number of anilines is 1. The topological polar surface area (TPSA) is 136 Å². The van der Waals surface area contributed by atoms with Crippen LogP contribution in [0.3, 0.4) is 0 Å². The number of halogens is 1. The van der Waals surface area contributed by atoms with Crippen LogP contribution in [0.5, 0.6) is 0 Å². The van der Waals surface area contributed by atoms with E-state index in [1.165, 1.54) is 41.7 Å². The van der Waals surface area contributed by atoms with Gasteiger partial charge in [0.05, 0.1) is 0 Å². The lowest BCUT2D eigenvalue weighted by molar-refractivity contribution is -0.120. The van der Waals surface area contributed by atoms with Gasteiger partial charge in [0.1, 0.15) is 15.7 Å². The minimum Gasteiger partial charge on any atom is -0.476 e. The first-order chi connectivity index (χ1) is 21.5. The minimum absolute atomic E-state index is 0.0302. The Morgan fingerprint density at radius 2 is 1.87 bits per heavy atom. The Balaban J connectivity index is 1.32. The number of nitrogens with two attached hydrogens (primary N) is 1. The van der Waals surface area contributed by atoms with Gasteiger partial charge < -0.3 is 14.6 Å². The van der Waals surface area contributed by atoms with Crippen molar-refractivity contribution in [2.75, 3.05) is 11.4 Å². The van der Waals surface area contributed by atoms with Gasteiger partial charge in [-0.1, -0.05) is 18.2 Å². The Morgan fingerprint density at radius 3 is 2.51 bits per heavy atom. The first-order valence-electron chi connectivity index (χ1n) is 15.2. The summed E-state index contributed by atoms with van der Waals surface area (Å²) in [5.41, 5.74) is 4.74. The number of hydrogen-bond acceptors (Lipinski definition) is 6. The van der Waals surface area contributed by atoms with Gasteiger partial charge in [-0.25, -0.2) is 27.7 Å². The van der Waals surface area contributed by atoms with Crippen molar-refractivity contribution in [2.45, 2.75) is 56.4 Å². The second-order valence-electron chi connectivity index (χ2n) is 12.5. The highest BCUT2D eigenvalue weighted by atomic mass is 32.2. The highest BCUT2D eigenvalue weighted by Crippen LogP contribution is 2.44. The first kappa shape index (κ1) is 29.8. The van der Waals surface area contributed by atoms with E-state index in [1.807, 2.05) is 35.2 Å². The van der Waals surface area contributed by atoms with Crippen LogP contribution in [0.1, 0.15) is 60.3 Å². The minimum atomic E-state index is -4.22. The van der Waals surface area contributed by atoms with Crippen LogP contribution in [0.4, 0.5) is 10.1 Å². The molecule has 1 unspecified atom stereocenters. The third kappa shape index (κ3) is 6.18. The number of carboxylic acid groups (broad SMARTS) is 1. The zero-order chi connectivity index (χ0) is 31.5. The number of aromatic carboxylic acids is 1. The predicted molar refractivity (Wildman–Crippen MR) is 169 cm³/mol. The van der Waals surface area contributed by atoms with Gasteiger partial charge in [0, 0.05) is 53.1 Å². The Kier molecular flexibility index (Phi) is 7.61. The molecule has 2 aliphatic carbocycles. The molecule has 1 atom stereocenters. The number of aromatic nitrogens is 2. The normalized spacial score (nSPS) is 18.8. The Bertz CT molecular complexity index is 1930. The van der Waals surface area contributed by atoms with E-state index < -0.39 is 26.7 Å². The molecule has 3 aliphatic rings. The summed E-state index contributed by atoms with van der Waals surface area (Å²) < 4.78 is 40.7. The maximum absolute atomic E-state index is 14.9. The predicted octanol–water partition coefficient (Wildman–Crippen LogP) is 5.92. The van der Waals surface area contributed by atoms with Crippen LogP contribution in [0.25, 0.3) is 21.8 Å². The van der Waals surface area contributed by atoms with Gasteiger partial charge in [-0.05, 0) is 92.2 Å². The van der Waals surface area contributed by atoms with Gasteiger partial charge in [0.2, 0.25) is 15.9 Å². The molecule has 3 N–H and O–H groups in total. The van der Waals surface area contributed by atoms with Crippen molar-refractivity contribution < 1.29 is 27.5 Å². The van der Waals surface area contributed by atoms with Crippen molar-refractivity contribution in [3.05, 3.63) is 76.7 Å². The molecule has 3 heterocycles. The van der Waals surface area contributed by atoms with Crippen molar-refractivity contribution in [1.82, 2.24) is 9.55 Å². The fourth-order valence-corrected chi connectivity index (χ4v) is 7.91. The standard InChI is InChI=1S/C33H33FN4O5S2/c34-26-12-20(6-9-30(26)45(35,42)43)17-38-28(16-25(29(38)13-19-4-5-19)32-36-27(18-44-32)33(40)41)23-2-1-3-24(14-23)37-11-10-22(15-31(37)39)21-7-8-21/h1-3,6,9,12,14,16,18-19,21-22H,4-5,7-8,10-11,13,15,17H2,(H,40,41)(H2,35,42,43). The lowest BCUT2D eigenvalue weighted by Crippen LogP contribution is -2.39. The van der Waals surface area contributed by atoms with E-state index in [1.54, 1.807) is 6.07 Å². The number of rotatable bonds is 10. The number of carbonyl (C=O) groups is 2. The van der Waals surface area contributed by atoms with Crippen molar-refractivity contribution in [3.8, 4) is 21.8 Å². The summed E-state index contributed by atoms with van der Waals surface area (Å²) in [6.45, 7) is 0.904. The first-order valence-corrected chi connectivity index (χ1v) is 17.6. The molecule has 2 saturated carbocycles. The lowest BCUT2D eigenvalue weighted by atomic mass is 9.91. The molecule has 4 aromatic rings. The summed E-state index contributed by atoms with van der Waals surface area (Å²) >= 11 is 1.26. The number of carbonyl (C=O) groups excluding carboxylic acids is 1.